The van der Waals surface area contributed by atoms with E-state index in [2.05, 4.69) is 5.32 Å². The minimum Gasteiger partial charge on any atom is -0.388 e. The maximum absolute atomic E-state index is 11.3. The second-order valence-corrected chi connectivity index (χ2v) is 3.81. The van der Waals surface area contributed by atoms with Gasteiger partial charge in [-0.25, -0.2) is 0 Å². The van der Waals surface area contributed by atoms with Crippen LogP contribution in [0.15, 0.2) is 11.6 Å². The number of carbonyl (C=O) groups excluding carboxylic acids is 1. The Kier molecular flexibility index (Phi) is 2.47. The van der Waals surface area contributed by atoms with Gasteiger partial charge in [0.2, 0.25) is 0 Å². The summed E-state index contributed by atoms with van der Waals surface area (Å²) in [5.41, 5.74) is 0.808. The molecule has 3 heteroatoms. The van der Waals surface area contributed by atoms with Crippen molar-refractivity contribution < 1.29 is 9.90 Å². The molecule has 72 valence electrons. The van der Waals surface area contributed by atoms with Crippen molar-refractivity contribution in [3.63, 3.8) is 0 Å². The molecule has 2 rings (SSSR count). The molecule has 3 nitrogen and oxygen atoms in total. The van der Waals surface area contributed by atoms with E-state index in [0.717, 1.165) is 24.8 Å². The summed E-state index contributed by atoms with van der Waals surface area (Å²) in [4.78, 5) is 11.3. The van der Waals surface area contributed by atoms with Gasteiger partial charge in [-0.2, -0.15) is 0 Å². The van der Waals surface area contributed by atoms with Crippen molar-refractivity contribution in [1.29, 1.82) is 0 Å². The third kappa shape index (κ3) is 1.67. The van der Waals surface area contributed by atoms with E-state index in [4.69, 9.17) is 5.11 Å². The predicted molar refractivity (Wildman–Crippen MR) is 49.4 cm³/mol. The highest BCUT2D eigenvalue weighted by Gasteiger charge is 2.30. The van der Waals surface area contributed by atoms with Crippen LogP contribution in [0.25, 0.3) is 0 Å². The summed E-state index contributed by atoms with van der Waals surface area (Å²) in [6.45, 7) is -0.353. The molecular weight excluding hydrogens is 166 g/mol. The molecular formula is C10H15NO2. The van der Waals surface area contributed by atoms with Gasteiger partial charge in [0.1, 0.15) is 6.61 Å². The molecule has 0 radical (unpaired) electrons. The first-order valence-corrected chi connectivity index (χ1v) is 4.91. The average Bonchev–Trinajstić information content (AvgIpc) is 2.46. The van der Waals surface area contributed by atoms with Crippen LogP contribution in [-0.2, 0) is 4.79 Å². The van der Waals surface area contributed by atoms with Crippen LogP contribution in [0.1, 0.15) is 25.7 Å². The lowest BCUT2D eigenvalue weighted by Crippen LogP contribution is -2.32. The standard InChI is InChI=1S/C10H15NO2/c12-6-10(13)8-3-1-2-7-4-5-9(8)11-7/h3,7,9,11-12H,1-2,4-6H2. The Morgan fingerprint density at radius 2 is 2.38 bits per heavy atom. The molecule has 0 aromatic rings. The molecule has 2 aliphatic heterocycles. The lowest BCUT2D eigenvalue weighted by molar-refractivity contribution is -0.118. The Bertz CT molecular complexity index is 247. The Balaban J connectivity index is 2.16. The van der Waals surface area contributed by atoms with Crippen LogP contribution < -0.4 is 5.32 Å². The lowest BCUT2D eigenvalue weighted by Gasteiger charge is -2.12. The van der Waals surface area contributed by atoms with Crippen molar-refractivity contribution in [3.8, 4) is 0 Å². The molecule has 0 aliphatic carbocycles. The highest BCUT2D eigenvalue weighted by atomic mass is 16.3. The molecule has 13 heavy (non-hydrogen) atoms. The van der Waals surface area contributed by atoms with Gasteiger partial charge in [0.05, 0.1) is 0 Å². The van der Waals surface area contributed by atoms with Crippen molar-refractivity contribution in [3.05, 3.63) is 11.6 Å². The van der Waals surface area contributed by atoms with E-state index in [0.29, 0.717) is 6.04 Å². The Hall–Kier alpha value is -0.670. The maximum atomic E-state index is 11.3. The summed E-state index contributed by atoms with van der Waals surface area (Å²) in [7, 11) is 0. The SMILES string of the molecule is O=C(CO)C1=CCCC2CCC1N2. The number of hydrogen-bond donors (Lipinski definition) is 2. The van der Waals surface area contributed by atoms with E-state index in [9.17, 15) is 4.79 Å². The average molecular weight is 181 g/mol. The molecule has 0 aromatic carbocycles. The number of Topliss-reactive ketones (excluding diaryl/α,β-unsaturated/α-hetero) is 1. The first kappa shape index (κ1) is 8.91. The zero-order valence-corrected chi connectivity index (χ0v) is 7.62. The summed E-state index contributed by atoms with van der Waals surface area (Å²) < 4.78 is 0. The molecule has 0 saturated carbocycles. The van der Waals surface area contributed by atoms with Crippen molar-refractivity contribution in [2.75, 3.05) is 6.61 Å². The van der Waals surface area contributed by atoms with Gasteiger partial charge in [-0.1, -0.05) is 6.08 Å². The number of allylic oxidation sites excluding steroid dienone is 1. The Morgan fingerprint density at radius 1 is 1.54 bits per heavy atom. The number of ketones is 1. The van der Waals surface area contributed by atoms with Gasteiger partial charge < -0.3 is 10.4 Å². The number of fused-ring (bicyclic) bond motifs is 2. The maximum Gasteiger partial charge on any atom is 0.185 e. The molecule has 2 N–H and O–H groups in total. The van der Waals surface area contributed by atoms with Crippen LogP contribution in [0, 0.1) is 0 Å². The summed E-state index contributed by atoms with van der Waals surface area (Å²) in [5.74, 6) is -0.111. The van der Waals surface area contributed by atoms with Crippen LogP contribution in [0.2, 0.25) is 0 Å². The molecule has 0 amide bonds. The number of nitrogens with one attached hydrogen (secondary N) is 1. The molecule has 2 heterocycles. The van der Waals surface area contributed by atoms with Crippen LogP contribution in [-0.4, -0.2) is 29.6 Å². The highest BCUT2D eigenvalue weighted by molar-refractivity contribution is 5.97. The predicted octanol–water partition coefficient (Wildman–Crippen LogP) is 0.389. The summed E-state index contributed by atoms with van der Waals surface area (Å²) in [6, 6.07) is 0.803. The van der Waals surface area contributed by atoms with Crippen LogP contribution in [0.4, 0.5) is 0 Å². The third-order valence-corrected chi connectivity index (χ3v) is 2.96. The van der Waals surface area contributed by atoms with Gasteiger partial charge in [-0.15, -0.1) is 0 Å². The van der Waals surface area contributed by atoms with E-state index in [1.54, 1.807) is 0 Å². The van der Waals surface area contributed by atoms with Crippen LogP contribution in [0.3, 0.4) is 0 Å². The quantitative estimate of drug-likeness (QED) is 0.648. The van der Waals surface area contributed by atoms with Crippen molar-refractivity contribution >= 4 is 5.78 Å². The summed E-state index contributed by atoms with van der Waals surface area (Å²) in [6.07, 6.45) is 6.30. The minimum absolute atomic E-state index is 0.111. The molecule has 0 spiro atoms. The number of rotatable bonds is 2. The van der Waals surface area contributed by atoms with Gasteiger partial charge in [0.15, 0.2) is 5.78 Å². The topological polar surface area (TPSA) is 49.3 Å². The normalized spacial score (nSPS) is 32.5. The van der Waals surface area contributed by atoms with Gasteiger partial charge in [0.25, 0.3) is 0 Å². The van der Waals surface area contributed by atoms with E-state index in [1.807, 2.05) is 6.08 Å². The summed E-state index contributed by atoms with van der Waals surface area (Å²) >= 11 is 0. The second-order valence-electron chi connectivity index (χ2n) is 3.81. The van der Waals surface area contributed by atoms with Gasteiger partial charge in [0, 0.05) is 17.7 Å². The van der Waals surface area contributed by atoms with E-state index < -0.39 is 0 Å². The number of aliphatic hydroxyl groups is 1. The third-order valence-electron chi connectivity index (χ3n) is 2.96. The minimum atomic E-state index is -0.353. The van der Waals surface area contributed by atoms with E-state index in [1.165, 1.54) is 6.42 Å². The largest absolute Gasteiger partial charge is 0.388 e. The van der Waals surface area contributed by atoms with Gasteiger partial charge >= 0.3 is 0 Å². The Morgan fingerprint density at radius 3 is 3.15 bits per heavy atom. The fraction of sp³-hybridized carbons (Fsp3) is 0.700. The fourth-order valence-electron chi connectivity index (χ4n) is 2.27. The molecule has 2 bridgehead atoms. The van der Waals surface area contributed by atoms with E-state index >= 15 is 0 Å². The fourth-order valence-corrected chi connectivity index (χ4v) is 2.27. The van der Waals surface area contributed by atoms with Crippen molar-refractivity contribution in [2.45, 2.75) is 37.8 Å². The monoisotopic (exact) mass is 181 g/mol. The van der Waals surface area contributed by atoms with Crippen molar-refractivity contribution in [1.82, 2.24) is 5.32 Å². The smallest absolute Gasteiger partial charge is 0.185 e. The summed E-state index contributed by atoms with van der Waals surface area (Å²) in [5, 5.41) is 12.2. The zero-order chi connectivity index (χ0) is 9.26. The van der Waals surface area contributed by atoms with Gasteiger partial charge in [-0.05, 0) is 25.7 Å². The molecule has 2 atom stereocenters. The zero-order valence-electron chi connectivity index (χ0n) is 7.62. The molecule has 2 aliphatic rings. The highest BCUT2D eigenvalue weighted by Crippen LogP contribution is 2.26. The Labute approximate surface area is 77.8 Å². The number of aliphatic hydroxyl groups excluding tert-OH is 1. The molecule has 0 aromatic heterocycles. The van der Waals surface area contributed by atoms with Crippen LogP contribution >= 0.6 is 0 Å². The first-order valence-electron chi connectivity index (χ1n) is 4.91. The number of hydrogen-bond acceptors (Lipinski definition) is 3. The molecule has 2 unspecified atom stereocenters. The lowest BCUT2D eigenvalue weighted by atomic mass is 9.97. The van der Waals surface area contributed by atoms with Gasteiger partial charge in [-0.3, -0.25) is 4.79 Å². The van der Waals surface area contributed by atoms with Crippen molar-refractivity contribution in [2.24, 2.45) is 0 Å². The molecule has 1 fully saturated rings. The number of carbonyl (C=O) groups is 1. The first-order chi connectivity index (χ1) is 6.31. The molecule has 1 saturated heterocycles. The van der Waals surface area contributed by atoms with Crippen LogP contribution in [0.5, 0.6) is 0 Å². The van der Waals surface area contributed by atoms with E-state index in [-0.39, 0.29) is 18.4 Å². The second kappa shape index (κ2) is 3.60.